The molecular formula is C20H21N3O. The third kappa shape index (κ3) is 3.57. The van der Waals surface area contributed by atoms with E-state index in [9.17, 15) is 0 Å². The van der Waals surface area contributed by atoms with Crippen molar-refractivity contribution in [1.82, 2.24) is 9.55 Å². The third-order valence-corrected chi connectivity index (χ3v) is 4.10. The lowest BCUT2D eigenvalue weighted by Crippen LogP contribution is -2.07. The van der Waals surface area contributed by atoms with E-state index in [1.165, 1.54) is 5.56 Å². The average molecular weight is 319 g/mol. The normalized spacial score (nSPS) is 10.7. The van der Waals surface area contributed by atoms with Crippen molar-refractivity contribution in [2.24, 2.45) is 0 Å². The first-order valence-corrected chi connectivity index (χ1v) is 8.34. The number of aryl methyl sites for hydroxylation is 2. The van der Waals surface area contributed by atoms with E-state index < -0.39 is 0 Å². The molecule has 0 bridgehead atoms. The predicted octanol–water partition coefficient (Wildman–Crippen LogP) is 4.48. The number of para-hydroxylation sites is 2. The van der Waals surface area contributed by atoms with Crippen LogP contribution in [0.2, 0.25) is 0 Å². The van der Waals surface area contributed by atoms with Crippen molar-refractivity contribution in [3.63, 3.8) is 0 Å². The summed E-state index contributed by atoms with van der Waals surface area (Å²) in [5.74, 6) is 1.75. The maximum absolute atomic E-state index is 8.77. The fourth-order valence-electron chi connectivity index (χ4n) is 2.77. The molecule has 0 N–H and O–H groups in total. The Bertz CT molecular complexity index is 843. The van der Waals surface area contributed by atoms with Gasteiger partial charge < -0.3 is 9.30 Å². The molecule has 0 fully saturated rings. The smallest absolute Gasteiger partial charge is 0.147 e. The standard InChI is InChI=1S/C20H21N3O/c1-2-16-9-11-17(12-10-16)24-15-20-22-18-7-3-4-8-19(18)23(20)14-6-5-13-21/h3-4,7-12H,2,5-6,14-15H2,1H3. The highest BCUT2D eigenvalue weighted by molar-refractivity contribution is 5.75. The minimum atomic E-state index is 0.423. The Morgan fingerprint density at radius 3 is 2.67 bits per heavy atom. The quantitative estimate of drug-likeness (QED) is 0.603. The lowest BCUT2D eigenvalue weighted by molar-refractivity contribution is 0.289. The summed E-state index contributed by atoms with van der Waals surface area (Å²) in [7, 11) is 0. The van der Waals surface area contributed by atoms with Crippen molar-refractivity contribution in [2.45, 2.75) is 39.3 Å². The van der Waals surface area contributed by atoms with Crippen LogP contribution in [0.15, 0.2) is 48.5 Å². The summed E-state index contributed by atoms with van der Waals surface area (Å²) in [5, 5.41) is 8.77. The Morgan fingerprint density at radius 1 is 1.12 bits per heavy atom. The Hall–Kier alpha value is -2.80. The van der Waals surface area contributed by atoms with Crippen LogP contribution in [0.1, 0.15) is 31.2 Å². The van der Waals surface area contributed by atoms with Crippen molar-refractivity contribution in [3.05, 3.63) is 59.9 Å². The van der Waals surface area contributed by atoms with E-state index in [-0.39, 0.29) is 0 Å². The van der Waals surface area contributed by atoms with Gasteiger partial charge in [0.05, 0.1) is 17.1 Å². The van der Waals surface area contributed by atoms with E-state index in [1.54, 1.807) is 0 Å². The molecule has 0 saturated carbocycles. The SMILES string of the molecule is CCc1ccc(OCc2nc3ccccc3n2CCCC#N)cc1. The van der Waals surface area contributed by atoms with Crippen LogP contribution in [0.5, 0.6) is 5.75 Å². The van der Waals surface area contributed by atoms with Crippen LogP contribution in [0.3, 0.4) is 0 Å². The average Bonchev–Trinajstić information content (AvgIpc) is 2.98. The second kappa shape index (κ2) is 7.65. The summed E-state index contributed by atoms with van der Waals surface area (Å²) < 4.78 is 8.08. The zero-order valence-corrected chi connectivity index (χ0v) is 13.9. The molecule has 0 radical (unpaired) electrons. The van der Waals surface area contributed by atoms with Gasteiger partial charge in [0.25, 0.3) is 0 Å². The molecule has 4 nitrogen and oxygen atoms in total. The molecule has 3 aromatic rings. The largest absolute Gasteiger partial charge is 0.486 e. The second-order valence-electron chi connectivity index (χ2n) is 5.72. The monoisotopic (exact) mass is 319 g/mol. The van der Waals surface area contributed by atoms with Crippen LogP contribution in [-0.4, -0.2) is 9.55 Å². The van der Waals surface area contributed by atoms with Crippen LogP contribution in [0, 0.1) is 11.3 Å². The number of rotatable bonds is 7. The number of hydrogen-bond donors (Lipinski definition) is 0. The topological polar surface area (TPSA) is 50.8 Å². The molecule has 0 aliphatic rings. The van der Waals surface area contributed by atoms with Gasteiger partial charge >= 0.3 is 0 Å². The van der Waals surface area contributed by atoms with Gasteiger partial charge in [0.1, 0.15) is 18.2 Å². The molecule has 1 heterocycles. The first-order chi connectivity index (χ1) is 11.8. The molecule has 0 saturated heterocycles. The van der Waals surface area contributed by atoms with Crippen molar-refractivity contribution in [2.75, 3.05) is 0 Å². The van der Waals surface area contributed by atoms with E-state index >= 15 is 0 Å². The Morgan fingerprint density at radius 2 is 1.92 bits per heavy atom. The summed E-state index contributed by atoms with van der Waals surface area (Å²) in [4.78, 5) is 4.70. The Balaban J connectivity index is 1.79. The van der Waals surface area contributed by atoms with Crippen LogP contribution >= 0.6 is 0 Å². The Labute approximate surface area is 142 Å². The van der Waals surface area contributed by atoms with Gasteiger partial charge in [0.15, 0.2) is 0 Å². The first-order valence-electron chi connectivity index (χ1n) is 8.34. The molecule has 0 unspecified atom stereocenters. The van der Waals surface area contributed by atoms with Crippen molar-refractivity contribution in [3.8, 4) is 11.8 Å². The number of ether oxygens (including phenoxy) is 1. The highest BCUT2D eigenvalue weighted by Crippen LogP contribution is 2.19. The number of aromatic nitrogens is 2. The molecule has 0 amide bonds. The molecular weight excluding hydrogens is 298 g/mol. The van der Waals surface area contributed by atoms with E-state index in [0.717, 1.165) is 42.0 Å². The van der Waals surface area contributed by atoms with Gasteiger partial charge in [-0.05, 0) is 42.7 Å². The van der Waals surface area contributed by atoms with E-state index in [4.69, 9.17) is 15.0 Å². The fourth-order valence-corrected chi connectivity index (χ4v) is 2.77. The molecule has 0 atom stereocenters. The zero-order valence-electron chi connectivity index (χ0n) is 13.9. The molecule has 2 aromatic carbocycles. The van der Waals surface area contributed by atoms with Gasteiger partial charge in [0, 0.05) is 13.0 Å². The summed E-state index contributed by atoms with van der Waals surface area (Å²) in [5.41, 5.74) is 3.36. The minimum Gasteiger partial charge on any atom is -0.486 e. The van der Waals surface area contributed by atoms with E-state index in [0.29, 0.717) is 13.0 Å². The molecule has 1 aromatic heterocycles. The molecule has 122 valence electrons. The van der Waals surface area contributed by atoms with Crippen LogP contribution in [0.25, 0.3) is 11.0 Å². The first kappa shape index (κ1) is 16.1. The molecule has 0 aliphatic carbocycles. The summed E-state index contributed by atoms with van der Waals surface area (Å²) in [6.45, 7) is 3.34. The van der Waals surface area contributed by atoms with Crippen molar-refractivity contribution in [1.29, 1.82) is 5.26 Å². The summed E-state index contributed by atoms with van der Waals surface area (Å²) >= 11 is 0. The number of unbranched alkanes of at least 4 members (excludes halogenated alkanes) is 1. The highest BCUT2D eigenvalue weighted by atomic mass is 16.5. The van der Waals surface area contributed by atoms with Gasteiger partial charge in [-0.3, -0.25) is 0 Å². The lowest BCUT2D eigenvalue weighted by Gasteiger charge is -2.10. The summed E-state index contributed by atoms with van der Waals surface area (Å²) in [6, 6.07) is 18.5. The number of benzene rings is 2. The maximum Gasteiger partial charge on any atom is 0.147 e. The number of fused-ring (bicyclic) bond motifs is 1. The molecule has 3 rings (SSSR count). The van der Waals surface area contributed by atoms with Gasteiger partial charge in [-0.2, -0.15) is 5.26 Å². The van der Waals surface area contributed by atoms with Crippen molar-refractivity contribution >= 4 is 11.0 Å². The lowest BCUT2D eigenvalue weighted by atomic mass is 10.2. The number of nitriles is 1. The van der Waals surface area contributed by atoms with Crippen LogP contribution < -0.4 is 4.74 Å². The third-order valence-electron chi connectivity index (χ3n) is 4.10. The zero-order chi connectivity index (χ0) is 16.8. The minimum absolute atomic E-state index is 0.423. The fraction of sp³-hybridized carbons (Fsp3) is 0.300. The molecule has 4 heteroatoms. The van der Waals surface area contributed by atoms with E-state index in [2.05, 4.69) is 35.8 Å². The predicted molar refractivity (Wildman–Crippen MR) is 94.7 cm³/mol. The van der Waals surface area contributed by atoms with Gasteiger partial charge in [-0.25, -0.2) is 4.98 Å². The summed E-state index contributed by atoms with van der Waals surface area (Å²) in [6.07, 6.45) is 2.38. The second-order valence-corrected chi connectivity index (χ2v) is 5.72. The number of imidazole rings is 1. The van der Waals surface area contributed by atoms with E-state index in [1.807, 2.05) is 30.3 Å². The number of hydrogen-bond acceptors (Lipinski definition) is 3. The maximum atomic E-state index is 8.77. The Kier molecular flexibility index (Phi) is 5.12. The van der Waals surface area contributed by atoms with Gasteiger partial charge in [-0.15, -0.1) is 0 Å². The molecule has 0 aliphatic heterocycles. The van der Waals surface area contributed by atoms with Crippen molar-refractivity contribution < 1.29 is 4.74 Å². The molecule has 0 spiro atoms. The molecule has 24 heavy (non-hydrogen) atoms. The highest BCUT2D eigenvalue weighted by Gasteiger charge is 2.10. The number of nitrogens with zero attached hydrogens (tertiary/aromatic N) is 3. The van der Waals surface area contributed by atoms with Crippen LogP contribution in [-0.2, 0) is 19.6 Å². The van der Waals surface area contributed by atoms with Gasteiger partial charge in [0.2, 0.25) is 0 Å². The van der Waals surface area contributed by atoms with Crippen LogP contribution in [0.4, 0.5) is 0 Å². The van der Waals surface area contributed by atoms with Gasteiger partial charge in [-0.1, -0.05) is 31.2 Å².